The second kappa shape index (κ2) is 54.7. The first-order chi connectivity index (χ1) is 33.0. The summed E-state index contributed by atoms with van der Waals surface area (Å²) in [7, 11) is 0. The molecule has 0 aliphatic rings. The van der Waals surface area contributed by atoms with E-state index in [-0.39, 0.29) is 31.1 Å². The van der Waals surface area contributed by atoms with Crippen LogP contribution >= 0.6 is 0 Å². The minimum Gasteiger partial charge on any atom is -0.462 e. The van der Waals surface area contributed by atoms with Crippen LogP contribution in [0, 0.1) is 0 Å². The van der Waals surface area contributed by atoms with E-state index in [1.165, 1.54) is 64.2 Å². The Bertz CT molecular complexity index is 1390. The molecule has 6 heteroatoms. The SMILES string of the molecule is CC\C=C/C=C\C=C/CCCCCCCC(=O)OCC(COC(=O)CCCCCCC\C=C/C=C\C=C/CCCCCCC)OC(=O)CCCCCCC\C=C/C=C\C=C/CCCCCCC. The van der Waals surface area contributed by atoms with Crippen LogP contribution in [0.3, 0.4) is 0 Å². The molecule has 0 bridgehead atoms. The molecule has 0 N–H and O–H groups in total. The van der Waals surface area contributed by atoms with Crippen molar-refractivity contribution in [3.63, 3.8) is 0 Å². The van der Waals surface area contributed by atoms with Gasteiger partial charge in [-0.2, -0.15) is 0 Å². The number of carbonyl (C=O) groups excluding carboxylic acids is 3. The number of unbranched alkanes of at least 4 members (excludes halogenated alkanes) is 25. The molecule has 1 atom stereocenters. The molecule has 0 rings (SSSR count). The molecule has 6 nitrogen and oxygen atoms in total. The Morgan fingerprint density at radius 1 is 0.313 bits per heavy atom. The molecule has 0 saturated carbocycles. The molecule has 380 valence electrons. The first-order valence-corrected chi connectivity index (χ1v) is 27.5. The molecule has 0 aromatic carbocycles. The summed E-state index contributed by atoms with van der Waals surface area (Å²) in [5.41, 5.74) is 0. The van der Waals surface area contributed by atoms with E-state index < -0.39 is 6.10 Å². The Hall–Kier alpha value is -3.93. The number of hydrogen-bond acceptors (Lipinski definition) is 6. The fraction of sp³-hybridized carbons (Fsp3) is 0.656. The zero-order valence-electron chi connectivity index (χ0n) is 43.4. The molecule has 67 heavy (non-hydrogen) atoms. The largest absolute Gasteiger partial charge is 0.462 e. The standard InChI is InChI=1S/C61H100O6/c1-4-7-10-13-16-19-22-25-27-29-31-33-36-39-42-45-48-51-54-60(63)66-57-58(56-65-59(62)53-50-47-44-41-38-35-24-21-18-15-12-9-6-3)67-61(64)55-52-49-46-43-40-37-34-32-30-28-26-23-20-17-14-11-8-5-2/h9,12,15,18,21-34,58H,4-8,10-11,13-14,16-17,19-20,35-57H2,1-3H3/b12-9-,18-15-,24-21-,25-22-,26-23-,29-27-,30-28-,33-31-,34-32-. The Morgan fingerprint density at radius 2 is 0.582 bits per heavy atom. The van der Waals surface area contributed by atoms with Gasteiger partial charge in [0.25, 0.3) is 0 Å². The Morgan fingerprint density at radius 3 is 0.896 bits per heavy atom. The van der Waals surface area contributed by atoms with Crippen LogP contribution in [0.4, 0.5) is 0 Å². The van der Waals surface area contributed by atoms with E-state index in [4.69, 9.17) is 14.2 Å². The van der Waals surface area contributed by atoms with Crippen LogP contribution in [0.1, 0.15) is 239 Å². The highest BCUT2D eigenvalue weighted by Gasteiger charge is 2.19. The highest BCUT2D eigenvalue weighted by atomic mass is 16.6. The Balaban J connectivity index is 4.50. The second-order valence-electron chi connectivity index (χ2n) is 17.9. The lowest BCUT2D eigenvalue weighted by atomic mass is 10.1. The minimum absolute atomic E-state index is 0.106. The molecule has 0 saturated heterocycles. The Labute approximate surface area is 412 Å². The van der Waals surface area contributed by atoms with Gasteiger partial charge in [-0.3, -0.25) is 14.4 Å². The van der Waals surface area contributed by atoms with Crippen LogP contribution in [0.2, 0.25) is 0 Å². The second-order valence-corrected chi connectivity index (χ2v) is 17.9. The topological polar surface area (TPSA) is 78.9 Å². The lowest BCUT2D eigenvalue weighted by molar-refractivity contribution is -0.167. The maximum atomic E-state index is 12.8. The molecule has 1 unspecified atom stereocenters. The van der Waals surface area contributed by atoms with Crippen molar-refractivity contribution < 1.29 is 28.6 Å². The molecule has 0 amide bonds. The molecule has 0 aromatic rings. The summed E-state index contributed by atoms with van der Waals surface area (Å²) in [6.45, 7) is 6.42. The zero-order chi connectivity index (χ0) is 48.6. The van der Waals surface area contributed by atoms with E-state index in [1.807, 2.05) is 0 Å². The van der Waals surface area contributed by atoms with Crippen LogP contribution in [0.5, 0.6) is 0 Å². The van der Waals surface area contributed by atoms with Crippen molar-refractivity contribution in [2.75, 3.05) is 13.2 Å². The summed E-state index contributed by atoms with van der Waals surface area (Å²) in [5, 5.41) is 0. The summed E-state index contributed by atoms with van der Waals surface area (Å²) in [6, 6.07) is 0. The van der Waals surface area contributed by atoms with E-state index in [0.717, 1.165) is 135 Å². The average Bonchev–Trinajstić information content (AvgIpc) is 3.33. The van der Waals surface area contributed by atoms with Crippen LogP contribution in [-0.2, 0) is 28.6 Å². The molecule has 0 fully saturated rings. The number of allylic oxidation sites excluding steroid dienone is 18. The van der Waals surface area contributed by atoms with Gasteiger partial charge >= 0.3 is 17.9 Å². The van der Waals surface area contributed by atoms with Crippen molar-refractivity contribution in [3.05, 3.63) is 109 Å². The van der Waals surface area contributed by atoms with Gasteiger partial charge in [-0.05, 0) is 89.9 Å². The third kappa shape index (κ3) is 52.9. The van der Waals surface area contributed by atoms with E-state index in [2.05, 4.69) is 130 Å². The van der Waals surface area contributed by atoms with Gasteiger partial charge in [0.1, 0.15) is 13.2 Å². The van der Waals surface area contributed by atoms with Gasteiger partial charge in [-0.15, -0.1) is 0 Å². The first-order valence-electron chi connectivity index (χ1n) is 27.5. The molecule has 0 heterocycles. The molecule has 0 aliphatic heterocycles. The normalized spacial score (nSPS) is 12.9. The van der Waals surface area contributed by atoms with E-state index in [0.29, 0.717) is 19.3 Å². The van der Waals surface area contributed by atoms with Crippen molar-refractivity contribution in [1.82, 2.24) is 0 Å². The predicted molar refractivity (Wildman–Crippen MR) is 288 cm³/mol. The van der Waals surface area contributed by atoms with Crippen molar-refractivity contribution >= 4 is 17.9 Å². The maximum Gasteiger partial charge on any atom is 0.306 e. The molecule has 0 spiro atoms. The zero-order valence-corrected chi connectivity index (χ0v) is 43.4. The van der Waals surface area contributed by atoms with Gasteiger partial charge in [0.05, 0.1) is 0 Å². The van der Waals surface area contributed by atoms with Crippen LogP contribution in [-0.4, -0.2) is 37.2 Å². The van der Waals surface area contributed by atoms with Crippen molar-refractivity contribution in [2.45, 2.75) is 245 Å². The number of esters is 3. The first kappa shape index (κ1) is 63.1. The highest BCUT2D eigenvalue weighted by Crippen LogP contribution is 2.13. The van der Waals surface area contributed by atoms with Gasteiger partial charge in [0, 0.05) is 19.3 Å². The van der Waals surface area contributed by atoms with E-state index in [1.54, 1.807) is 0 Å². The van der Waals surface area contributed by atoms with E-state index >= 15 is 0 Å². The summed E-state index contributed by atoms with van der Waals surface area (Å²) in [5.74, 6) is -0.967. The number of rotatable bonds is 48. The average molecular weight is 929 g/mol. The molecule has 0 radical (unpaired) electrons. The van der Waals surface area contributed by atoms with Gasteiger partial charge in [-0.25, -0.2) is 0 Å². The van der Waals surface area contributed by atoms with Crippen LogP contribution < -0.4 is 0 Å². The lowest BCUT2D eigenvalue weighted by Gasteiger charge is -2.18. The molecular formula is C61H100O6. The van der Waals surface area contributed by atoms with Gasteiger partial charge in [-0.1, -0.05) is 239 Å². The number of carbonyl (C=O) groups is 3. The fourth-order valence-corrected chi connectivity index (χ4v) is 7.27. The molecule has 0 aromatic heterocycles. The van der Waals surface area contributed by atoms with Crippen molar-refractivity contribution in [1.29, 1.82) is 0 Å². The quantitative estimate of drug-likeness (QED) is 0.0262. The van der Waals surface area contributed by atoms with Crippen LogP contribution in [0.15, 0.2) is 109 Å². The minimum atomic E-state index is -0.808. The summed E-state index contributed by atoms with van der Waals surface area (Å²) in [6.07, 6.45) is 73.5. The Kier molecular flexibility index (Phi) is 51.5. The van der Waals surface area contributed by atoms with Gasteiger partial charge in [0.15, 0.2) is 6.10 Å². The number of hydrogen-bond donors (Lipinski definition) is 0. The fourth-order valence-electron chi connectivity index (χ4n) is 7.27. The highest BCUT2D eigenvalue weighted by molar-refractivity contribution is 5.71. The summed E-state index contributed by atoms with van der Waals surface area (Å²) in [4.78, 5) is 38.1. The molecular weight excluding hydrogens is 829 g/mol. The van der Waals surface area contributed by atoms with E-state index in [9.17, 15) is 14.4 Å². The summed E-state index contributed by atoms with van der Waals surface area (Å²) < 4.78 is 16.8. The molecule has 0 aliphatic carbocycles. The van der Waals surface area contributed by atoms with Crippen molar-refractivity contribution in [2.24, 2.45) is 0 Å². The third-order valence-electron chi connectivity index (χ3n) is 11.4. The smallest absolute Gasteiger partial charge is 0.306 e. The third-order valence-corrected chi connectivity index (χ3v) is 11.4. The number of ether oxygens (including phenoxy) is 3. The monoisotopic (exact) mass is 929 g/mol. The van der Waals surface area contributed by atoms with Gasteiger partial charge < -0.3 is 14.2 Å². The summed E-state index contributed by atoms with van der Waals surface area (Å²) >= 11 is 0. The predicted octanol–water partition coefficient (Wildman–Crippen LogP) is 18.3. The maximum absolute atomic E-state index is 12.8. The van der Waals surface area contributed by atoms with Crippen molar-refractivity contribution in [3.8, 4) is 0 Å². The van der Waals surface area contributed by atoms with Crippen LogP contribution in [0.25, 0.3) is 0 Å². The van der Waals surface area contributed by atoms with Gasteiger partial charge in [0.2, 0.25) is 0 Å². The lowest BCUT2D eigenvalue weighted by Crippen LogP contribution is -2.30.